The standard InChI is InChI=1S/C22H27F2N3O3S/c1-22(2,3)26-31(29,30)18-7-4-16(5-8-18)21(28)25-13-15-10-11-27(14-15)17-6-9-19(23)20(24)12-17/h4-9,12,15,26H,10-11,13-14H2,1-3H3,(H,25,28). The van der Waals surface area contributed by atoms with Gasteiger partial charge in [0, 0.05) is 42.5 Å². The van der Waals surface area contributed by atoms with Crippen molar-refractivity contribution >= 4 is 21.6 Å². The van der Waals surface area contributed by atoms with Crippen LogP contribution >= 0.6 is 0 Å². The van der Waals surface area contributed by atoms with Gasteiger partial charge in [-0.1, -0.05) is 0 Å². The van der Waals surface area contributed by atoms with Crippen LogP contribution in [0.4, 0.5) is 14.5 Å². The van der Waals surface area contributed by atoms with Gasteiger partial charge in [-0.25, -0.2) is 21.9 Å². The van der Waals surface area contributed by atoms with Crippen LogP contribution in [-0.2, 0) is 10.0 Å². The highest BCUT2D eigenvalue weighted by Crippen LogP contribution is 2.25. The van der Waals surface area contributed by atoms with Gasteiger partial charge in [0.05, 0.1) is 4.90 Å². The maximum absolute atomic E-state index is 13.5. The maximum Gasteiger partial charge on any atom is 0.251 e. The summed E-state index contributed by atoms with van der Waals surface area (Å²) in [6.45, 7) is 7.01. The summed E-state index contributed by atoms with van der Waals surface area (Å²) in [4.78, 5) is 14.5. The Morgan fingerprint density at radius 1 is 1.10 bits per heavy atom. The number of carbonyl (C=O) groups is 1. The van der Waals surface area contributed by atoms with Gasteiger partial charge >= 0.3 is 0 Å². The van der Waals surface area contributed by atoms with Gasteiger partial charge in [-0.2, -0.15) is 0 Å². The van der Waals surface area contributed by atoms with Gasteiger partial charge in [-0.15, -0.1) is 0 Å². The highest BCUT2D eigenvalue weighted by Gasteiger charge is 2.25. The molecule has 0 spiro atoms. The van der Waals surface area contributed by atoms with Gasteiger partial charge in [0.25, 0.3) is 5.91 Å². The zero-order chi connectivity index (χ0) is 22.8. The fraction of sp³-hybridized carbons (Fsp3) is 0.409. The Kier molecular flexibility index (Phi) is 6.66. The van der Waals surface area contributed by atoms with Crippen molar-refractivity contribution < 1.29 is 22.0 Å². The predicted molar refractivity (Wildman–Crippen MR) is 116 cm³/mol. The van der Waals surface area contributed by atoms with Crippen molar-refractivity contribution in [3.8, 4) is 0 Å². The fourth-order valence-corrected chi connectivity index (χ4v) is 4.92. The number of carbonyl (C=O) groups excluding carboxylic acids is 1. The lowest BCUT2D eigenvalue weighted by Crippen LogP contribution is -2.40. The van der Waals surface area contributed by atoms with Crippen LogP contribution in [-0.4, -0.2) is 39.5 Å². The van der Waals surface area contributed by atoms with Crippen LogP contribution in [0.3, 0.4) is 0 Å². The normalized spacial score (nSPS) is 17.1. The van der Waals surface area contributed by atoms with E-state index in [4.69, 9.17) is 0 Å². The molecule has 2 aromatic carbocycles. The number of anilines is 1. The van der Waals surface area contributed by atoms with Crippen LogP contribution in [0.1, 0.15) is 37.6 Å². The first-order valence-corrected chi connectivity index (χ1v) is 11.6. The number of nitrogens with one attached hydrogen (secondary N) is 2. The van der Waals surface area contributed by atoms with Gasteiger partial charge < -0.3 is 10.2 Å². The Labute approximate surface area is 181 Å². The summed E-state index contributed by atoms with van der Waals surface area (Å²) in [5.74, 6) is -1.87. The van der Waals surface area contributed by atoms with Crippen LogP contribution in [0, 0.1) is 17.6 Å². The molecule has 2 aromatic rings. The Morgan fingerprint density at radius 2 is 1.77 bits per heavy atom. The third kappa shape index (κ3) is 6.01. The molecular formula is C22H27F2N3O3S. The molecule has 9 heteroatoms. The largest absolute Gasteiger partial charge is 0.371 e. The van der Waals surface area contributed by atoms with E-state index in [1.54, 1.807) is 26.8 Å². The Balaban J connectivity index is 1.55. The minimum absolute atomic E-state index is 0.0944. The van der Waals surface area contributed by atoms with E-state index < -0.39 is 27.2 Å². The Hall–Kier alpha value is -2.52. The van der Waals surface area contributed by atoms with Crippen molar-refractivity contribution in [2.24, 2.45) is 5.92 Å². The number of rotatable bonds is 6. The minimum Gasteiger partial charge on any atom is -0.371 e. The minimum atomic E-state index is -3.66. The SMILES string of the molecule is CC(C)(C)NS(=O)(=O)c1ccc(C(=O)NCC2CCN(c3ccc(F)c(F)c3)C2)cc1. The molecule has 0 radical (unpaired) electrons. The number of halogens is 2. The van der Waals surface area contributed by atoms with E-state index in [-0.39, 0.29) is 16.7 Å². The van der Waals surface area contributed by atoms with E-state index in [0.717, 1.165) is 12.5 Å². The van der Waals surface area contributed by atoms with Crippen LogP contribution in [0.5, 0.6) is 0 Å². The summed E-state index contributed by atoms with van der Waals surface area (Å²) < 4.78 is 53.9. The molecule has 1 aliphatic rings. The molecule has 1 amide bonds. The first-order valence-electron chi connectivity index (χ1n) is 10.1. The van der Waals surface area contributed by atoms with Crippen LogP contribution < -0.4 is 14.9 Å². The Morgan fingerprint density at radius 3 is 2.39 bits per heavy atom. The second-order valence-corrected chi connectivity index (χ2v) is 10.5. The number of hydrogen-bond donors (Lipinski definition) is 2. The molecule has 1 aliphatic heterocycles. The van der Waals surface area contributed by atoms with Crippen molar-refractivity contribution in [3.63, 3.8) is 0 Å². The molecule has 1 saturated heterocycles. The third-order valence-corrected chi connectivity index (χ3v) is 6.75. The summed E-state index contributed by atoms with van der Waals surface area (Å²) in [5.41, 5.74) is 0.377. The van der Waals surface area contributed by atoms with E-state index in [2.05, 4.69) is 10.0 Å². The van der Waals surface area contributed by atoms with Crippen molar-refractivity contribution in [2.75, 3.05) is 24.5 Å². The van der Waals surface area contributed by atoms with Gasteiger partial charge in [0.1, 0.15) is 0 Å². The molecule has 1 atom stereocenters. The molecule has 0 aromatic heterocycles. The molecule has 6 nitrogen and oxygen atoms in total. The monoisotopic (exact) mass is 451 g/mol. The van der Waals surface area contributed by atoms with E-state index in [0.29, 0.717) is 30.9 Å². The number of sulfonamides is 1. The fourth-order valence-electron chi connectivity index (χ4n) is 3.50. The number of amides is 1. The molecule has 1 unspecified atom stereocenters. The first kappa shape index (κ1) is 23.1. The summed E-state index contributed by atoms with van der Waals surface area (Å²) >= 11 is 0. The maximum atomic E-state index is 13.5. The van der Waals surface area contributed by atoms with Gasteiger partial charge in [0.2, 0.25) is 10.0 Å². The lowest BCUT2D eigenvalue weighted by molar-refractivity contribution is 0.0948. The number of nitrogens with zero attached hydrogens (tertiary/aromatic N) is 1. The lowest BCUT2D eigenvalue weighted by Gasteiger charge is -2.20. The summed E-state index contributed by atoms with van der Waals surface area (Å²) in [7, 11) is -3.66. The summed E-state index contributed by atoms with van der Waals surface area (Å²) in [6.07, 6.45) is 0.814. The number of hydrogen-bond acceptors (Lipinski definition) is 4. The zero-order valence-corrected chi connectivity index (χ0v) is 18.6. The van der Waals surface area contributed by atoms with Gasteiger partial charge in [-0.05, 0) is 69.5 Å². The van der Waals surface area contributed by atoms with Crippen molar-refractivity contribution in [1.29, 1.82) is 0 Å². The molecule has 0 aliphatic carbocycles. The topological polar surface area (TPSA) is 78.5 Å². The zero-order valence-electron chi connectivity index (χ0n) is 17.8. The van der Waals surface area contributed by atoms with Crippen molar-refractivity contribution in [3.05, 3.63) is 59.7 Å². The highest BCUT2D eigenvalue weighted by atomic mass is 32.2. The molecule has 1 fully saturated rings. The molecule has 31 heavy (non-hydrogen) atoms. The second-order valence-electron chi connectivity index (χ2n) is 8.79. The predicted octanol–water partition coefficient (Wildman–Crippen LogP) is 3.30. The smallest absolute Gasteiger partial charge is 0.251 e. The van der Waals surface area contributed by atoms with E-state index >= 15 is 0 Å². The van der Waals surface area contributed by atoms with Gasteiger partial charge in [-0.3, -0.25) is 4.79 Å². The molecule has 0 bridgehead atoms. The molecule has 168 valence electrons. The van der Waals surface area contributed by atoms with E-state index in [1.807, 2.05) is 4.90 Å². The van der Waals surface area contributed by atoms with Crippen LogP contribution in [0.15, 0.2) is 47.4 Å². The molecular weight excluding hydrogens is 424 g/mol. The second kappa shape index (κ2) is 8.92. The van der Waals surface area contributed by atoms with Gasteiger partial charge in [0.15, 0.2) is 11.6 Å². The van der Waals surface area contributed by atoms with Crippen LogP contribution in [0.2, 0.25) is 0 Å². The average molecular weight is 452 g/mol. The number of benzene rings is 2. The van der Waals surface area contributed by atoms with Crippen molar-refractivity contribution in [2.45, 2.75) is 37.6 Å². The third-order valence-electron chi connectivity index (χ3n) is 4.97. The van der Waals surface area contributed by atoms with E-state index in [1.165, 1.54) is 30.3 Å². The molecule has 0 saturated carbocycles. The average Bonchev–Trinajstić information content (AvgIpc) is 3.15. The molecule has 2 N–H and O–H groups in total. The quantitative estimate of drug-likeness (QED) is 0.707. The molecule has 1 heterocycles. The van der Waals surface area contributed by atoms with Crippen LogP contribution in [0.25, 0.3) is 0 Å². The molecule has 3 rings (SSSR count). The summed E-state index contributed by atoms with van der Waals surface area (Å²) in [5, 5.41) is 2.87. The lowest BCUT2D eigenvalue weighted by atomic mass is 10.1. The summed E-state index contributed by atoms with van der Waals surface area (Å²) in [6, 6.07) is 9.61. The first-order chi connectivity index (χ1) is 14.4. The highest BCUT2D eigenvalue weighted by molar-refractivity contribution is 7.89. The van der Waals surface area contributed by atoms with Crippen molar-refractivity contribution in [1.82, 2.24) is 10.0 Å². The van der Waals surface area contributed by atoms with E-state index in [9.17, 15) is 22.0 Å². The Bertz CT molecular complexity index is 1050.